The van der Waals surface area contributed by atoms with Crippen molar-refractivity contribution in [1.82, 2.24) is 19.9 Å². The van der Waals surface area contributed by atoms with Crippen molar-refractivity contribution in [2.24, 2.45) is 11.3 Å². The molecule has 6 nitrogen and oxygen atoms in total. The minimum Gasteiger partial charge on any atom is -0.327 e. The van der Waals surface area contributed by atoms with Crippen LogP contribution in [0.15, 0.2) is 36.5 Å². The number of carbonyl (C=O) groups excluding carboxylic acids is 2. The highest BCUT2D eigenvalue weighted by atomic mass is 16.2. The number of ketones is 1. The predicted molar refractivity (Wildman–Crippen MR) is 106 cm³/mol. The Morgan fingerprint density at radius 3 is 2.61 bits per heavy atom. The molecule has 2 fully saturated rings. The fourth-order valence-electron chi connectivity index (χ4n) is 4.62. The molecule has 0 unspecified atom stereocenters. The number of hydrogen-bond acceptors (Lipinski definition) is 4. The molecular weight excluding hydrogens is 352 g/mol. The molecule has 1 aromatic heterocycles. The standard InChI is InChI=1S/C22H28N4O2/c1-21(2,3)19(27)15-25-14-18(23-24-25)20(28)26-13-17-11-7-8-12-22(17,26)16-9-5-4-6-10-16/h4-6,9-10,14,17H,7-8,11-13,15H2,1-3H3/t17-,22+/m0/s1. The molecule has 0 radical (unpaired) electrons. The van der Waals surface area contributed by atoms with Crippen LogP contribution >= 0.6 is 0 Å². The summed E-state index contributed by atoms with van der Waals surface area (Å²) < 4.78 is 1.48. The number of likely N-dealkylation sites (tertiary alicyclic amines) is 1. The van der Waals surface area contributed by atoms with Crippen LogP contribution in [-0.4, -0.2) is 38.1 Å². The quantitative estimate of drug-likeness (QED) is 0.815. The summed E-state index contributed by atoms with van der Waals surface area (Å²) in [5, 5.41) is 8.12. The lowest BCUT2D eigenvalue weighted by Crippen LogP contribution is -2.67. The topological polar surface area (TPSA) is 68.1 Å². The van der Waals surface area contributed by atoms with E-state index in [9.17, 15) is 9.59 Å². The number of carbonyl (C=O) groups is 2. The van der Waals surface area contributed by atoms with Gasteiger partial charge >= 0.3 is 0 Å². The fraction of sp³-hybridized carbons (Fsp3) is 0.545. The van der Waals surface area contributed by atoms with E-state index >= 15 is 0 Å². The lowest BCUT2D eigenvalue weighted by atomic mass is 9.61. The molecule has 1 aliphatic heterocycles. The lowest BCUT2D eigenvalue weighted by Gasteiger charge is -2.61. The Morgan fingerprint density at radius 1 is 1.18 bits per heavy atom. The second kappa shape index (κ2) is 6.83. The van der Waals surface area contributed by atoms with Gasteiger partial charge in [-0.3, -0.25) is 9.59 Å². The van der Waals surface area contributed by atoms with Crippen LogP contribution in [0.4, 0.5) is 0 Å². The minimum absolute atomic E-state index is 0.0634. The third-order valence-corrected chi connectivity index (χ3v) is 6.34. The van der Waals surface area contributed by atoms with Crippen LogP contribution in [0.25, 0.3) is 0 Å². The SMILES string of the molecule is CC(C)(C)C(=O)Cn1cc(C(=O)N2C[C@@H]3CCCC[C@@]32c2ccccc2)nn1. The zero-order valence-electron chi connectivity index (χ0n) is 16.9. The Labute approximate surface area is 165 Å². The first-order valence-electron chi connectivity index (χ1n) is 10.1. The molecule has 6 heteroatoms. The summed E-state index contributed by atoms with van der Waals surface area (Å²) in [5.41, 5.74) is 0.873. The summed E-state index contributed by atoms with van der Waals surface area (Å²) in [6.07, 6.45) is 6.12. The van der Waals surface area contributed by atoms with E-state index in [1.54, 1.807) is 6.20 Å². The maximum Gasteiger partial charge on any atom is 0.276 e. The average molecular weight is 380 g/mol. The average Bonchev–Trinajstić information content (AvgIpc) is 3.11. The molecule has 0 N–H and O–H groups in total. The zero-order chi connectivity index (χ0) is 19.9. The second-order valence-electron chi connectivity index (χ2n) is 9.12. The van der Waals surface area contributed by atoms with Crippen molar-refractivity contribution in [3.63, 3.8) is 0 Å². The first-order valence-corrected chi connectivity index (χ1v) is 10.1. The maximum absolute atomic E-state index is 13.3. The molecule has 1 aromatic carbocycles. The fourth-order valence-corrected chi connectivity index (χ4v) is 4.62. The van der Waals surface area contributed by atoms with Gasteiger partial charge in [-0.2, -0.15) is 0 Å². The number of aromatic nitrogens is 3. The number of hydrogen-bond donors (Lipinski definition) is 0. The van der Waals surface area contributed by atoms with Crippen molar-refractivity contribution in [2.75, 3.05) is 6.54 Å². The van der Waals surface area contributed by atoms with Gasteiger partial charge in [0.1, 0.15) is 6.54 Å². The van der Waals surface area contributed by atoms with Gasteiger partial charge in [-0.25, -0.2) is 4.68 Å². The Kier molecular flexibility index (Phi) is 4.60. The molecule has 4 rings (SSSR count). The number of fused-ring (bicyclic) bond motifs is 1. The molecule has 1 aliphatic carbocycles. The molecule has 0 spiro atoms. The Balaban J connectivity index is 1.58. The van der Waals surface area contributed by atoms with Crippen molar-refractivity contribution < 1.29 is 9.59 Å². The smallest absolute Gasteiger partial charge is 0.276 e. The number of nitrogens with zero attached hydrogens (tertiary/aromatic N) is 4. The maximum atomic E-state index is 13.3. The van der Waals surface area contributed by atoms with Gasteiger partial charge in [-0.15, -0.1) is 5.10 Å². The first-order chi connectivity index (χ1) is 13.3. The molecule has 148 valence electrons. The Hall–Kier alpha value is -2.50. The van der Waals surface area contributed by atoms with Gasteiger partial charge < -0.3 is 4.90 Å². The van der Waals surface area contributed by atoms with Gasteiger partial charge in [0.15, 0.2) is 11.5 Å². The predicted octanol–water partition coefficient (Wildman–Crippen LogP) is 3.43. The van der Waals surface area contributed by atoms with Crippen molar-refractivity contribution in [2.45, 2.75) is 58.5 Å². The van der Waals surface area contributed by atoms with Crippen molar-refractivity contribution >= 4 is 11.7 Å². The molecule has 0 bridgehead atoms. The first kappa shape index (κ1) is 18.8. The van der Waals surface area contributed by atoms with Gasteiger partial charge in [0.05, 0.1) is 11.7 Å². The minimum atomic E-state index is -0.444. The molecule has 28 heavy (non-hydrogen) atoms. The zero-order valence-corrected chi connectivity index (χ0v) is 16.9. The van der Waals surface area contributed by atoms with Gasteiger partial charge in [-0.05, 0) is 18.4 Å². The molecule has 2 heterocycles. The number of amides is 1. The van der Waals surface area contributed by atoms with Crippen LogP contribution in [0.5, 0.6) is 0 Å². The summed E-state index contributed by atoms with van der Waals surface area (Å²) in [5.74, 6) is 0.482. The van der Waals surface area contributed by atoms with Crippen LogP contribution in [-0.2, 0) is 16.9 Å². The van der Waals surface area contributed by atoms with Crippen LogP contribution in [0.3, 0.4) is 0 Å². The molecule has 1 saturated heterocycles. The molecule has 2 atom stereocenters. The summed E-state index contributed by atoms with van der Waals surface area (Å²) >= 11 is 0. The molecule has 1 amide bonds. The Bertz CT molecular complexity index is 883. The van der Waals surface area contributed by atoms with Gasteiger partial charge in [0, 0.05) is 17.9 Å². The molecule has 2 aliphatic rings. The molecular formula is C22H28N4O2. The summed E-state index contributed by atoms with van der Waals surface area (Å²) in [6.45, 7) is 6.54. The van der Waals surface area contributed by atoms with E-state index in [2.05, 4.69) is 22.4 Å². The third kappa shape index (κ3) is 3.05. The highest BCUT2D eigenvalue weighted by Gasteiger charge is 2.57. The molecule has 1 saturated carbocycles. The van der Waals surface area contributed by atoms with Crippen LogP contribution in [0, 0.1) is 11.3 Å². The van der Waals surface area contributed by atoms with E-state index in [1.165, 1.54) is 16.7 Å². The van der Waals surface area contributed by atoms with Crippen molar-refractivity contribution in [1.29, 1.82) is 0 Å². The third-order valence-electron chi connectivity index (χ3n) is 6.34. The van der Waals surface area contributed by atoms with Gasteiger partial charge in [-0.1, -0.05) is 69.2 Å². The second-order valence-corrected chi connectivity index (χ2v) is 9.12. The van der Waals surface area contributed by atoms with E-state index in [0.717, 1.165) is 25.8 Å². The van der Waals surface area contributed by atoms with E-state index < -0.39 is 5.41 Å². The highest BCUT2D eigenvalue weighted by molar-refractivity contribution is 5.93. The van der Waals surface area contributed by atoms with E-state index in [0.29, 0.717) is 11.6 Å². The molecule has 2 aromatic rings. The van der Waals surface area contributed by atoms with E-state index in [-0.39, 0.29) is 23.8 Å². The van der Waals surface area contributed by atoms with Crippen LogP contribution in [0.1, 0.15) is 62.5 Å². The summed E-state index contributed by atoms with van der Waals surface area (Å²) in [7, 11) is 0. The van der Waals surface area contributed by atoms with E-state index in [1.807, 2.05) is 43.9 Å². The normalized spacial score (nSPS) is 24.4. The van der Waals surface area contributed by atoms with Crippen molar-refractivity contribution in [3.8, 4) is 0 Å². The monoisotopic (exact) mass is 380 g/mol. The van der Waals surface area contributed by atoms with Crippen LogP contribution < -0.4 is 0 Å². The highest BCUT2D eigenvalue weighted by Crippen LogP contribution is 2.54. The van der Waals surface area contributed by atoms with E-state index in [4.69, 9.17) is 0 Å². The van der Waals surface area contributed by atoms with Crippen LogP contribution in [0.2, 0.25) is 0 Å². The Morgan fingerprint density at radius 2 is 1.93 bits per heavy atom. The number of Topliss-reactive ketones (excluding diaryl/α,β-unsaturated/α-hetero) is 1. The number of rotatable bonds is 4. The summed E-state index contributed by atoms with van der Waals surface area (Å²) in [4.78, 5) is 27.5. The largest absolute Gasteiger partial charge is 0.327 e. The summed E-state index contributed by atoms with van der Waals surface area (Å²) in [6, 6.07) is 10.4. The van der Waals surface area contributed by atoms with Gasteiger partial charge in [0.2, 0.25) is 0 Å². The lowest BCUT2D eigenvalue weighted by molar-refractivity contribution is -0.127. The van der Waals surface area contributed by atoms with Crippen molar-refractivity contribution in [3.05, 3.63) is 47.8 Å². The van der Waals surface area contributed by atoms with Gasteiger partial charge in [0.25, 0.3) is 5.91 Å². The number of benzene rings is 1.